The lowest BCUT2D eigenvalue weighted by molar-refractivity contribution is 0.157. The quantitative estimate of drug-likeness (QED) is 0.633. The summed E-state index contributed by atoms with van der Waals surface area (Å²) in [5.41, 5.74) is 0. The molecule has 0 amide bonds. The van der Waals surface area contributed by atoms with Gasteiger partial charge in [0.2, 0.25) is 0 Å². The van der Waals surface area contributed by atoms with Gasteiger partial charge < -0.3 is 4.90 Å². The maximum Gasteiger partial charge on any atom is 0.00951 e. The Labute approximate surface area is 82.5 Å². The zero-order valence-electron chi connectivity index (χ0n) is 8.97. The monoisotopic (exact) mass is 181 g/mol. The standard InChI is InChI=1S/C12H23N/c1-11(13-9-5-6-10-13)12-7-3-2-4-8-12/h11-12H,2-10H2,1H3/t11-/m0/s1. The van der Waals surface area contributed by atoms with Crippen LogP contribution in [-0.4, -0.2) is 24.0 Å². The zero-order valence-corrected chi connectivity index (χ0v) is 8.97. The number of rotatable bonds is 2. The van der Waals surface area contributed by atoms with E-state index in [4.69, 9.17) is 0 Å². The Bertz CT molecular complexity index is 143. The molecule has 76 valence electrons. The van der Waals surface area contributed by atoms with Gasteiger partial charge in [-0.3, -0.25) is 0 Å². The van der Waals surface area contributed by atoms with Crippen molar-refractivity contribution in [2.75, 3.05) is 13.1 Å². The lowest BCUT2D eigenvalue weighted by Gasteiger charge is -2.34. The molecule has 0 bridgehead atoms. The van der Waals surface area contributed by atoms with Crippen LogP contribution in [0.4, 0.5) is 0 Å². The summed E-state index contributed by atoms with van der Waals surface area (Å²) in [5.74, 6) is 1.02. The highest BCUT2D eigenvalue weighted by molar-refractivity contribution is 4.80. The van der Waals surface area contributed by atoms with Gasteiger partial charge in [-0.15, -0.1) is 0 Å². The molecule has 1 saturated heterocycles. The van der Waals surface area contributed by atoms with Crippen molar-refractivity contribution < 1.29 is 0 Å². The van der Waals surface area contributed by atoms with Crippen LogP contribution in [0.5, 0.6) is 0 Å². The van der Waals surface area contributed by atoms with Crippen molar-refractivity contribution >= 4 is 0 Å². The molecule has 0 aromatic heterocycles. The van der Waals surface area contributed by atoms with Crippen LogP contribution in [0.3, 0.4) is 0 Å². The van der Waals surface area contributed by atoms with E-state index >= 15 is 0 Å². The average molecular weight is 181 g/mol. The first-order chi connectivity index (χ1) is 6.38. The highest BCUT2D eigenvalue weighted by atomic mass is 15.2. The molecule has 1 aliphatic heterocycles. The van der Waals surface area contributed by atoms with Gasteiger partial charge in [-0.2, -0.15) is 0 Å². The second-order valence-corrected chi connectivity index (χ2v) is 4.88. The van der Waals surface area contributed by atoms with E-state index in [0.29, 0.717) is 0 Å². The lowest BCUT2D eigenvalue weighted by atomic mass is 9.84. The molecular weight excluding hydrogens is 158 g/mol. The van der Waals surface area contributed by atoms with Crippen molar-refractivity contribution in [3.05, 3.63) is 0 Å². The van der Waals surface area contributed by atoms with E-state index < -0.39 is 0 Å². The van der Waals surface area contributed by atoms with Crippen LogP contribution in [0, 0.1) is 5.92 Å². The minimum Gasteiger partial charge on any atom is -0.300 e. The normalized spacial score (nSPS) is 29.3. The van der Waals surface area contributed by atoms with Crippen molar-refractivity contribution in [3.63, 3.8) is 0 Å². The Morgan fingerprint density at radius 3 is 2.15 bits per heavy atom. The second kappa shape index (κ2) is 4.45. The van der Waals surface area contributed by atoms with E-state index in [9.17, 15) is 0 Å². The molecule has 1 nitrogen and oxygen atoms in total. The summed E-state index contributed by atoms with van der Waals surface area (Å²) < 4.78 is 0. The third-order valence-corrected chi connectivity index (χ3v) is 4.05. The molecule has 0 radical (unpaired) electrons. The summed E-state index contributed by atoms with van der Waals surface area (Å²) >= 11 is 0. The number of hydrogen-bond acceptors (Lipinski definition) is 1. The van der Waals surface area contributed by atoms with Gasteiger partial charge in [0.25, 0.3) is 0 Å². The predicted molar refractivity (Wildman–Crippen MR) is 56.8 cm³/mol. The molecule has 2 aliphatic rings. The smallest absolute Gasteiger partial charge is 0.00951 e. The van der Waals surface area contributed by atoms with Crippen LogP contribution in [-0.2, 0) is 0 Å². The van der Waals surface area contributed by atoms with E-state index in [1.54, 1.807) is 0 Å². The highest BCUT2D eigenvalue weighted by Crippen LogP contribution is 2.30. The molecule has 1 heteroatoms. The topological polar surface area (TPSA) is 3.24 Å². The van der Waals surface area contributed by atoms with Gasteiger partial charge in [-0.1, -0.05) is 19.3 Å². The van der Waals surface area contributed by atoms with Crippen LogP contribution >= 0.6 is 0 Å². The molecule has 0 unspecified atom stereocenters. The van der Waals surface area contributed by atoms with Gasteiger partial charge in [0.05, 0.1) is 0 Å². The van der Waals surface area contributed by atoms with E-state index in [1.807, 2.05) is 0 Å². The first-order valence-corrected chi connectivity index (χ1v) is 6.12. The van der Waals surface area contributed by atoms with Gasteiger partial charge in [0.1, 0.15) is 0 Å². The summed E-state index contributed by atoms with van der Waals surface area (Å²) in [5, 5.41) is 0. The summed E-state index contributed by atoms with van der Waals surface area (Å²) in [6.07, 6.45) is 10.3. The minimum atomic E-state index is 0.878. The van der Waals surface area contributed by atoms with E-state index in [-0.39, 0.29) is 0 Å². The van der Waals surface area contributed by atoms with Gasteiger partial charge in [0.15, 0.2) is 0 Å². The van der Waals surface area contributed by atoms with Crippen LogP contribution < -0.4 is 0 Å². The van der Waals surface area contributed by atoms with Crippen LogP contribution in [0.25, 0.3) is 0 Å². The van der Waals surface area contributed by atoms with Crippen molar-refractivity contribution in [3.8, 4) is 0 Å². The van der Waals surface area contributed by atoms with Crippen molar-refractivity contribution in [1.82, 2.24) is 4.90 Å². The fourth-order valence-corrected chi connectivity index (χ4v) is 3.06. The molecule has 2 rings (SSSR count). The first kappa shape index (κ1) is 9.51. The third-order valence-electron chi connectivity index (χ3n) is 4.05. The van der Waals surface area contributed by atoms with Crippen LogP contribution in [0.15, 0.2) is 0 Å². The number of nitrogens with zero attached hydrogens (tertiary/aromatic N) is 1. The summed E-state index contributed by atoms with van der Waals surface area (Å²) in [7, 11) is 0. The summed E-state index contributed by atoms with van der Waals surface area (Å²) in [6.45, 7) is 5.20. The second-order valence-electron chi connectivity index (χ2n) is 4.88. The number of likely N-dealkylation sites (tertiary alicyclic amines) is 1. The fourth-order valence-electron chi connectivity index (χ4n) is 3.06. The summed E-state index contributed by atoms with van der Waals surface area (Å²) in [6, 6.07) is 0.878. The molecule has 1 saturated carbocycles. The lowest BCUT2D eigenvalue weighted by Crippen LogP contribution is -2.37. The highest BCUT2D eigenvalue weighted by Gasteiger charge is 2.26. The Morgan fingerprint density at radius 1 is 0.923 bits per heavy atom. The Balaban J connectivity index is 1.83. The molecule has 0 N–H and O–H groups in total. The zero-order chi connectivity index (χ0) is 9.10. The number of hydrogen-bond donors (Lipinski definition) is 0. The maximum atomic E-state index is 2.72. The SMILES string of the molecule is C[C@@H](C1CCCCC1)N1CCCC1. The molecule has 1 heterocycles. The van der Waals surface area contributed by atoms with E-state index in [0.717, 1.165) is 12.0 Å². The minimum absolute atomic E-state index is 0.878. The van der Waals surface area contributed by atoms with Gasteiger partial charge in [0, 0.05) is 6.04 Å². The molecule has 1 atom stereocenters. The van der Waals surface area contributed by atoms with Crippen LogP contribution in [0.2, 0.25) is 0 Å². The Hall–Kier alpha value is -0.0400. The molecule has 0 aromatic carbocycles. The largest absolute Gasteiger partial charge is 0.300 e. The molecular formula is C12H23N. The average Bonchev–Trinajstić information content (AvgIpc) is 2.71. The van der Waals surface area contributed by atoms with E-state index in [2.05, 4.69) is 11.8 Å². The molecule has 13 heavy (non-hydrogen) atoms. The maximum absolute atomic E-state index is 2.72. The third kappa shape index (κ3) is 2.25. The predicted octanol–water partition coefficient (Wildman–Crippen LogP) is 3.05. The molecule has 0 aromatic rings. The molecule has 2 fully saturated rings. The van der Waals surface area contributed by atoms with Crippen LogP contribution in [0.1, 0.15) is 51.9 Å². The van der Waals surface area contributed by atoms with E-state index in [1.165, 1.54) is 58.0 Å². The first-order valence-electron chi connectivity index (χ1n) is 6.12. The van der Waals surface area contributed by atoms with Gasteiger partial charge in [-0.25, -0.2) is 0 Å². The van der Waals surface area contributed by atoms with Crippen molar-refractivity contribution in [2.24, 2.45) is 5.92 Å². The van der Waals surface area contributed by atoms with Crippen molar-refractivity contribution in [1.29, 1.82) is 0 Å². The fraction of sp³-hybridized carbons (Fsp3) is 1.00. The van der Waals surface area contributed by atoms with Crippen molar-refractivity contribution in [2.45, 2.75) is 57.9 Å². The Morgan fingerprint density at radius 2 is 1.54 bits per heavy atom. The van der Waals surface area contributed by atoms with Gasteiger partial charge in [-0.05, 0) is 51.6 Å². The summed E-state index contributed by atoms with van der Waals surface area (Å²) in [4.78, 5) is 2.72. The molecule has 1 aliphatic carbocycles. The Kier molecular flexibility index (Phi) is 3.26. The van der Waals surface area contributed by atoms with Gasteiger partial charge >= 0.3 is 0 Å². The molecule has 0 spiro atoms.